The van der Waals surface area contributed by atoms with E-state index in [0.717, 1.165) is 78.1 Å². The number of hydrogen-bond acceptors (Lipinski definition) is 2. The highest BCUT2D eigenvalue weighted by Gasteiger charge is 2.26. The van der Waals surface area contributed by atoms with Gasteiger partial charge in [0.25, 0.3) is 0 Å². The topological polar surface area (TPSA) is 39.3 Å². The molecule has 5 heteroatoms. The molecular weight excluding hydrogens is 647 g/mol. The Morgan fingerprint density at radius 3 is 1.49 bits per heavy atom. The first-order chi connectivity index (χ1) is 26.2. The van der Waals surface area contributed by atoms with Crippen molar-refractivity contribution in [2.45, 2.75) is 0 Å². The van der Waals surface area contributed by atoms with Crippen LogP contribution in [0.25, 0.3) is 77.2 Å². The molecule has 4 nitrogen and oxygen atoms in total. The number of ether oxygens (including phenoxy) is 1. The summed E-state index contributed by atoms with van der Waals surface area (Å²) in [5, 5.41) is 16.7. The van der Waals surface area contributed by atoms with Crippen molar-refractivity contribution in [3.05, 3.63) is 176 Å². The van der Waals surface area contributed by atoms with E-state index >= 15 is 0 Å². The maximum atomic E-state index is 11.9. The highest BCUT2D eigenvalue weighted by atomic mass is 16.5. The van der Waals surface area contributed by atoms with Crippen molar-refractivity contribution in [2.75, 3.05) is 0 Å². The van der Waals surface area contributed by atoms with Crippen molar-refractivity contribution in [1.82, 2.24) is 9.13 Å². The van der Waals surface area contributed by atoms with Gasteiger partial charge in [-0.15, -0.1) is 0 Å². The van der Waals surface area contributed by atoms with Gasteiger partial charge in [0.1, 0.15) is 17.2 Å². The van der Waals surface area contributed by atoms with E-state index in [0.29, 0.717) is 0 Å². The molecule has 0 amide bonds. The van der Waals surface area contributed by atoms with Gasteiger partial charge in [0.15, 0.2) is 0 Å². The molecule has 0 unspecified atom stereocenters. The molecule has 1 aliphatic heterocycles. The first kappa shape index (κ1) is 29.7. The van der Waals surface area contributed by atoms with Crippen LogP contribution in [0.5, 0.6) is 17.2 Å². The van der Waals surface area contributed by atoms with Crippen LogP contribution in [0.2, 0.25) is 0 Å². The molecule has 0 aliphatic carbocycles. The maximum absolute atomic E-state index is 11.9. The van der Waals surface area contributed by atoms with Crippen LogP contribution in [0.4, 0.5) is 0 Å². The number of nitrogens with zero attached hydrogens (tertiary/aromatic N) is 2. The summed E-state index contributed by atoms with van der Waals surface area (Å²) in [6.45, 7) is 0. The van der Waals surface area contributed by atoms with Crippen molar-refractivity contribution in [3.8, 4) is 50.9 Å². The van der Waals surface area contributed by atoms with Gasteiger partial charge in [0.2, 0.25) is 7.28 Å². The number of benzene rings is 8. The summed E-state index contributed by atoms with van der Waals surface area (Å²) in [6.07, 6.45) is 0. The Morgan fingerprint density at radius 2 is 0.925 bits per heavy atom. The zero-order valence-electron chi connectivity index (χ0n) is 28.6. The lowest BCUT2D eigenvalue weighted by Crippen LogP contribution is -2.35. The summed E-state index contributed by atoms with van der Waals surface area (Å²) in [5.74, 6) is 1.75. The maximum Gasteiger partial charge on any atom is 0.202 e. The molecule has 0 atom stereocenters. The molecule has 3 heterocycles. The SMILES string of the molecule is Oc1cc(-n2c3ccccc3c3ccccc32)ccc1-c1cc(-c2ccccc2)cc2c1[B]c1ccc(-n3c4ccccc4c4ccccc43)cc1O2. The lowest BCUT2D eigenvalue weighted by molar-refractivity contribution is 0.477. The predicted octanol–water partition coefficient (Wildman–Crippen LogP) is 10.7. The largest absolute Gasteiger partial charge is 0.507 e. The normalized spacial score (nSPS) is 12.2. The molecule has 0 fully saturated rings. The molecule has 1 N–H and O–H groups in total. The third kappa shape index (κ3) is 4.57. The van der Waals surface area contributed by atoms with E-state index in [4.69, 9.17) is 4.74 Å². The van der Waals surface area contributed by atoms with Crippen LogP contribution >= 0.6 is 0 Å². The van der Waals surface area contributed by atoms with Crippen LogP contribution in [-0.4, -0.2) is 21.5 Å². The molecule has 0 saturated carbocycles. The predicted molar refractivity (Wildman–Crippen MR) is 219 cm³/mol. The lowest BCUT2D eigenvalue weighted by atomic mass is 9.59. The van der Waals surface area contributed by atoms with Crippen molar-refractivity contribution in [2.24, 2.45) is 0 Å². The molecule has 10 aromatic rings. The average Bonchev–Trinajstić information content (AvgIpc) is 3.73. The van der Waals surface area contributed by atoms with Gasteiger partial charge < -0.3 is 19.0 Å². The van der Waals surface area contributed by atoms with E-state index in [1.807, 2.05) is 30.3 Å². The molecule has 1 radical (unpaired) electrons. The molecule has 8 aromatic carbocycles. The Bertz CT molecular complexity index is 2980. The third-order valence-corrected chi connectivity index (χ3v) is 10.7. The fourth-order valence-corrected chi connectivity index (χ4v) is 8.31. The van der Waals surface area contributed by atoms with Gasteiger partial charge >= 0.3 is 0 Å². The number of phenols is 1. The van der Waals surface area contributed by atoms with Gasteiger partial charge in [0.05, 0.1) is 22.1 Å². The van der Waals surface area contributed by atoms with E-state index in [2.05, 4.69) is 162 Å². The van der Waals surface area contributed by atoms with Crippen LogP contribution in [-0.2, 0) is 0 Å². The smallest absolute Gasteiger partial charge is 0.202 e. The molecule has 1 aliphatic rings. The number of rotatable bonds is 4. The minimum atomic E-state index is 0.206. The standard InChI is InChI=1S/C48H30BN2O2/c52-45-28-32(50-41-18-8-4-14-34(41)35-15-5-9-19-42(35)50)22-24-38(45)39-26-31(30-12-2-1-3-13-30)27-47-48(39)49-40-25-23-33(29-46(40)53-47)51-43-20-10-6-16-36(43)37-17-7-11-21-44(37)51/h1-29,52H. The van der Waals surface area contributed by atoms with Crippen molar-refractivity contribution in [3.63, 3.8) is 0 Å². The lowest BCUT2D eigenvalue weighted by Gasteiger charge is -2.25. The number of aromatic hydroxyl groups is 1. The van der Waals surface area contributed by atoms with Crippen LogP contribution in [0.1, 0.15) is 0 Å². The fraction of sp³-hybridized carbons (Fsp3) is 0. The minimum Gasteiger partial charge on any atom is -0.507 e. The second-order valence-corrected chi connectivity index (χ2v) is 13.7. The van der Waals surface area contributed by atoms with Crippen LogP contribution in [0.3, 0.4) is 0 Å². The number of para-hydroxylation sites is 4. The zero-order valence-corrected chi connectivity index (χ0v) is 28.6. The third-order valence-electron chi connectivity index (χ3n) is 10.7. The fourth-order valence-electron chi connectivity index (χ4n) is 8.31. The van der Waals surface area contributed by atoms with Crippen LogP contribution < -0.4 is 15.7 Å². The Hall–Kier alpha value is -6.98. The molecular formula is C48H30BN2O2. The molecule has 2 aromatic heterocycles. The highest BCUT2D eigenvalue weighted by Crippen LogP contribution is 2.40. The number of hydrogen-bond donors (Lipinski definition) is 1. The van der Waals surface area contributed by atoms with Crippen LogP contribution in [0, 0.1) is 0 Å². The van der Waals surface area contributed by atoms with Gasteiger partial charge in [-0.3, -0.25) is 0 Å². The molecule has 0 saturated heterocycles. The minimum absolute atomic E-state index is 0.206. The van der Waals surface area contributed by atoms with E-state index in [-0.39, 0.29) is 5.75 Å². The van der Waals surface area contributed by atoms with Crippen LogP contribution in [0.15, 0.2) is 176 Å². The summed E-state index contributed by atoms with van der Waals surface area (Å²) < 4.78 is 11.4. The van der Waals surface area contributed by atoms with Crippen molar-refractivity contribution >= 4 is 61.8 Å². The van der Waals surface area contributed by atoms with Gasteiger partial charge in [-0.05, 0) is 82.2 Å². The Morgan fingerprint density at radius 1 is 0.415 bits per heavy atom. The second kappa shape index (κ2) is 11.5. The molecule has 247 valence electrons. The Labute approximate surface area is 306 Å². The van der Waals surface area contributed by atoms with Gasteiger partial charge in [-0.1, -0.05) is 109 Å². The highest BCUT2D eigenvalue weighted by molar-refractivity contribution is 6.71. The number of phenolic OH excluding ortho intramolecular Hbond substituents is 1. The zero-order chi connectivity index (χ0) is 35.0. The Balaban J connectivity index is 1.05. The molecule has 53 heavy (non-hydrogen) atoms. The van der Waals surface area contributed by atoms with E-state index in [1.54, 1.807) is 0 Å². The summed E-state index contributed by atoms with van der Waals surface area (Å²) >= 11 is 0. The van der Waals surface area contributed by atoms with E-state index in [9.17, 15) is 5.11 Å². The van der Waals surface area contributed by atoms with Gasteiger partial charge in [-0.2, -0.15) is 0 Å². The monoisotopic (exact) mass is 677 g/mol. The molecule has 0 bridgehead atoms. The molecule has 0 spiro atoms. The second-order valence-electron chi connectivity index (χ2n) is 13.7. The van der Waals surface area contributed by atoms with E-state index in [1.165, 1.54) is 21.5 Å². The molecule has 11 rings (SSSR count). The quantitative estimate of drug-likeness (QED) is 0.188. The average molecular weight is 678 g/mol. The van der Waals surface area contributed by atoms with Crippen molar-refractivity contribution < 1.29 is 9.84 Å². The van der Waals surface area contributed by atoms with E-state index < -0.39 is 0 Å². The van der Waals surface area contributed by atoms with Crippen molar-refractivity contribution in [1.29, 1.82) is 0 Å². The van der Waals surface area contributed by atoms with Gasteiger partial charge in [-0.25, -0.2) is 0 Å². The Kier molecular flexibility index (Phi) is 6.46. The summed E-state index contributed by atoms with van der Waals surface area (Å²) in [7, 11) is 2.19. The number of aromatic nitrogens is 2. The first-order valence-corrected chi connectivity index (χ1v) is 17.9. The van der Waals surface area contributed by atoms with Gasteiger partial charge in [0, 0.05) is 50.6 Å². The summed E-state index contributed by atoms with van der Waals surface area (Å²) in [4.78, 5) is 0. The number of fused-ring (bicyclic) bond motifs is 8. The summed E-state index contributed by atoms with van der Waals surface area (Å²) in [6, 6.07) is 61.0. The summed E-state index contributed by atoms with van der Waals surface area (Å²) in [5.41, 5.74) is 12.1. The first-order valence-electron chi connectivity index (χ1n) is 17.9.